The van der Waals surface area contributed by atoms with Crippen LogP contribution in [0.2, 0.25) is 0 Å². The van der Waals surface area contributed by atoms with Crippen molar-refractivity contribution in [3.63, 3.8) is 0 Å². The first kappa shape index (κ1) is 14.0. The number of nitrogens with zero attached hydrogens (tertiary/aromatic N) is 1. The van der Waals surface area contributed by atoms with Crippen molar-refractivity contribution >= 4 is 5.91 Å². The molecule has 1 fully saturated rings. The Morgan fingerprint density at radius 1 is 1.53 bits per heavy atom. The molecule has 0 spiro atoms. The van der Waals surface area contributed by atoms with Crippen LogP contribution >= 0.6 is 0 Å². The summed E-state index contributed by atoms with van der Waals surface area (Å²) in [6, 6.07) is 1.52. The maximum atomic E-state index is 11.2. The van der Waals surface area contributed by atoms with Gasteiger partial charge in [-0.25, -0.2) is 5.84 Å². The standard InChI is InChI=1S/C12H19N3O4/c1-7-3-9(4-8(2)18-7)17-6-10-5-11(15-19-10)12(16)14-13/h5,7-9H,3-4,6,13H2,1-2H3,(H,14,16). The fraction of sp³-hybridized carbons (Fsp3) is 0.667. The van der Waals surface area contributed by atoms with E-state index in [9.17, 15) is 4.79 Å². The lowest BCUT2D eigenvalue weighted by atomic mass is 10.0. The fourth-order valence-corrected chi connectivity index (χ4v) is 2.24. The average Bonchev–Trinajstić information content (AvgIpc) is 2.83. The molecule has 2 atom stereocenters. The van der Waals surface area contributed by atoms with Gasteiger partial charge in [-0.2, -0.15) is 0 Å². The Kier molecular flexibility index (Phi) is 4.52. The molecule has 3 N–H and O–H groups in total. The van der Waals surface area contributed by atoms with Gasteiger partial charge in [-0.05, 0) is 26.7 Å². The summed E-state index contributed by atoms with van der Waals surface area (Å²) in [4.78, 5) is 11.2. The molecule has 0 aliphatic carbocycles. The van der Waals surface area contributed by atoms with Crippen molar-refractivity contribution in [3.05, 3.63) is 17.5 Å². The SMILES string of the molecule is CC1CC(OCc2cc(C(=O)NN)no2)CC(C)O1. The van der Waals surface area contributed by atoms with E-state index in [0.717, 1.165) is 12.8 Å². The van der Waals surface area contributed by atoms with Gasteiger partial charge in [0.1, 0.15) is 6.61 Å². The number of hydrazine groups is 1. The van der Waals surface area contributed by atoms with Crippen molar-refractivity contribution < 1.29 is 18.8 Å². The molecule has 2 rings (SSSR count). The van der Waals surface area contributed by atoms with Crippen molar-refractivity contribution in [2.24, 2.45) is 5.84 Å². The molecular formula is C12H19N3O4. The van der Waals surface area contributed by atoms with Crippen molar-refractivity contribution in [3.8, 4) is 0 Å². The van der Waals surface area contributed by atoms with E-state index in [4.69, 9.17) is 19.8 Å². The number of ether oxygens (including phenoxy) is 2. The maximum Gasteiger partial charge on any atom is 0.287 e. The van der Waals surface area contributed by atoms with Crippen molar-refractivity contribution in [1.29, 1.82) is 0 Å². The van der Waals surface area contributed by atoms with E-state index < -0.39 is 5.91 Å². The minimum absolute atomic E-state index is 0.135. The maximum absolute atomic E-state index is 11.2. The highest BCUT2D eigenvalue weighted by Crippen LogP contribution is 2.22. The van der Waals surface area contributed by atoms with Crippen LogP contribution in [0.25, 0.3) is 0 Å². The summed E-state index contributed by atoms with van der Waals surface area (Å²) < 4.78 is 16.4. The zero-order chi connectivity index (χ0) is 13.8. The second-order valence-corrected chi connectivity index (χ2v) is 4.81. The second kappa shape index (κ2) is 6.14. The van der Waals surface area contributed by atoms with Gasteiger partial charge in [0.25, 0.3) is 5.91 Å². The molecule has 7 heteroatoms. The lowest BCUT2D eigenvalue weighted by molar-refractivity contribution is -0.108. The molecule has 1 aliphatic heterocycles. The quantitative estimate of drug-likeness (QED) is 0.475. The molecule has 7 nitrogen and oxygen atoms in total. The number of carbonyl (C=O) groups excluding carboxylic acids is 1. The molecule has 0 radical (unpaired) electrons. The van der Waals surface area contributed by atoms with Crippen LogP contribution in [-0.4, -0.2) is 29.4 Å². The summed E-state index contributed by atoms with van der Waals surface area (Å²) in [6.07, 6.45) is 2.24. The predicted octanol–water partition coefficient (Wildman–Crippen LogP) is 0.751. The third kappa shape index (κ3) is 3.76. The van der Waals surface area contributed by atoms with Crippen LogP contribution in [0.3, 0.4) is 0 Å². The summed E-state index contributed by atoms with van der Waals surface area (Å²) in [5.41, 5.74) is 2.14. The Morgan fingerprint density at radius 3 is 2.84 bits per heavy atom. The van der Waals surface area contributed by atoms with E-state index in [1.807, 2.05) is 19.3 Å². The molecule has 0 saturated carbocycles. The zero-order valence-corrected chi connectivity index (χ0v) is 11.1. The molecule has 1 amide bonds. The van der Waals surface area contributed by atoms with Crippen LogP contribution in [0.1, 0.15) is 42.9 Å². The van der Waals surface area contributed by atoms with Gasteiger partial charge in [0.15, 0.2) is 11.5 Å². The normalized spacial score (nSPS) is 27.2. The lowest BCUT2D eigenvalue weighted by Crippen LogP contribution is -2.33. The Hall–Kier alpha value is -1.44. The van der Waals surface area contributed by atoms with Gasteiger partial charge in [0.05, 0.1) is 18.3 Å². The van der Waals surface area contributed by atoms with Crippen LogP contribution in [-0.2, 0) is 16.1 Å². The Labute approximate surface area is 111 Å². The number of rotatable bonds is 4. The monoisotopic (exact) mass is 269 g/mol. The summed E-state index contributed by atoms with van der Waals surface area (Å²) in [6.45, 7) is 4.35. The summed E-state index contributed by atoms with van der Waals surface area (Å²) in [5.74, 6) is 5.03. The molecule has 0 bridgehead atoms. The molecule has 1 aromatic rings. The molecule has 0 aromatic carbocycles. The van der Waals surface area contributed by atoms with Crippen molar-refractivity contribution in [2.45, 2.75) is 51.6 Å². The van der Waals surface area contributed by atoms with Gasteiger partial charge >= 0.3 is 0 Å². The number of amides is 1. The molecule has 1 aromatic heterocycles. The minimum atomic E-state index is -0.483. The van der Waals surface area contributed by atoms with Gasteiger partial charge in [-0.3, -0.25) is 10.2 Å². The predicted molar refractivity (Wildman–Crippen MR) is 66.0 cm³/mol. The number of hydrogen-bond acceptors (Lipinski definition) is 6. The number of nitrogens with one attached hydrogen (secondary N) is 1. The number of hydrogen-bond donors (Lipinski definition) is 2. The average molecular weight is 269 g/mol. The van der Waals surface area contributed by atoms with Crippen LogP contribution in [0.4, 0.5) is 0 Å². The first-order valence-electron chi connectivity index (χ1n) is 6.32. The molecule has 2 unspecified atom stereocenters. The van der Waals surface area contributed by atoms with E-state index in [1.54, 1.807) is 0 Å². The largest absolute Gasteiger partial charge is 0.375 e. The summed E-state index contributed by atoms with van der Waals surface area (Å²) in [5, 5.41) is 3.61. The number of aromatic nitrogens is 1. The first-order valence-corrected chi connectivity index (χ1v) is 6.32. The summed E-state index contributed by atoms with van der Waals surface area (Å²) >= 11 is 0. The van der Waals surface area contributed by atoms with Gasteiger partial charge in [-0.15, -0.1) is 0 Å². The molecule has 19 heavy (non-hydrogen) atoms. The van der Waals surface area contributed by atoms with Crippen LogP contribution in [0.5, 0.6) is 0 Å². The van der Waals surface area contributed by atoms with E-state index >= 15 is 0 Å². The molecule has 1 aliphatic rings. The third-order valence-corrected chi connectivity index (χ3v) is 3.04. The zero-order valence-electron chi connectivity index (χ0n) is 11.1. The fourth-order valence-electron chi connectivity index (χ4n) is 2.24. The van der Waals surface area contributed by atoms with Gasteiger partial charge < -0.3 is 14.0 Å². The summed E-state index contributed by atoms with van der Waals surface area (Å²) in [7, 11) is 0. The smallest absolute Gasteiger partial charge is 0.287 e. The molecular weight excluding hydrogens is 250 g/mol. The van der Waals surface area contributed by atoms with E-state index in [0.29, 0.717) is 5.76 Å². The second-order valence-electron chi connectivity index (χ2n) is 4.81. The van der Waals surface area contributed by atoms with Crippen LogP contribution < -0.4 is 11.3 Å². The van der Waals surface area contributed by atoms with Crippen molar-refractivity contribution in [1.82, 2.24) is 10.6 Å². The lowest BCUT2D eigenvalue weighted by Gasteiger charge is -2.31. The van der Waals surface area contributed by atoms with Crippen LogP contribution in [0, 0.1) is 0 Å². The molecule has 106 valence electrons. The molecule has 1 saturated heterocycles. The molecule has 2 heterocycles. The number of carbonyl (C=O) groups is 1. The Balaban J connectivity index is 1.85. The Bertz CT molecular complexity index is 424. The van der Waals surface area contributed by atoms with Crippen LogP contribution in [0.15, 0.2) is 10.6 Å². The van der Waals surface area contributed by atoms with E-state index in [2.05, 4.69) is 5.16 Å². The first-order chi connectivity index (χ1) is 9.08. The van der Waals surface area contributed by atoms with E-state index in [1.165, 1.54) is 6.07 Å². The highest BCUT2D eigenvalue weighted by Gasteiger charge is 2.25. The topological polar surface area (TPSA) is 99.6 Å². The highest BCUT2D eigenvalue weighted by molar-refractivity contribution is 5.91. The van der Waals surface area contributed by atoms with Gasteiger partial charge in [0.2, 0.25) is 0 Å². The van der Waals surface area contributed by atoms with Crippen molar-refractivity contribution in [2.75, 3.05) is 0 Å². The third-order valence-electron chi connectivity index (χ3n) is 3.04. The minimum Gasteiger partial charge on any atom is -0.375 e. The van der Waals surface area contributed by atoms with Gasteiger partial charge in [-0.1, -0.05) is 5.16 Å². The number of nitrogens with two attached hydrogens (primary N) is 1. The van der Waals surface area contributed by atoms with E-state index in [-0.39, 0.29) is 30.6 Å². The van der Waals surface area contributed by atoms with Gasteiger partial charge in [0, 0.05) is 6.07 Å². The Morgan fingerprint density at radius 2 is 2.21 bits per heavy atom. The number of nitrogen functional groups attached to an aromatic ring is 1. The highest BCUT2D eigenvalue weighted by atomic mass is 16.5.